The van der Waals surface area contributed by atoms with Gasteiger partial charge in [-0.1, -0.05) is 32.4 Å². The first-order valence-corrected chi connectivity index (χ1v) is 12.2. The molecule has 1 fully saturated rings. The number of rotatable bonds is 5. The van der Waals surface area contributed by atoms with Gasteiger partial charge in [-0.3, -0.25) is 4.79 Å². The smallest absolute Gasteiger partial charge is 0.408 e. The Morgan fingerprint density at radius 1 is 1.17 bits per heavy atom. The Kier molecular flexibility index (Phi) is 7.74. The number of fused-ring (bicyclic) bond motifs is 1. The number of hydrogen-bond donors (Lipinski definition) is 1. The number of alkyl carbamates (subject to hydrolysis) is 1. The summed E-state index contributed by atoms with van der Waals surface area (Å²) < 4.78 is 17.1. The van der Waals surface area contributed by atoms with Gasteiger partial charge in [0.05, 0.1) is 19.9 Å². The topological polar surface area (TPSA) is 90.0 Å². The minimum atomic E-state index is -0.753. The minimum Gasteiger partial charge on any atom is -0.494 e. The zero-order valence-corrected chi connectivity index (χ0v) is 22.5. The molecular formula is C26H36ClN3O5. The molecule has 1 saturated heterocycles. The molecule has 0 unspecified atom stereocenters. The van der Waals surface area contributed by atoms with E-state index in [-0.39, 0.29) is 18.1 Å². The predicted octanol–water partition coefficient (Wildman–Crippen LogP) is 5.20. The number of pyridine rings is 1. The van der Waals surface area contributed by atoms with E-state index < -0.39 is 23.2 Å². The van der Waals surface area contributed by atoms with Crippen LogP contribution in [0.2, 0.25) is 5.02 Å². The van der Waals surface area contributed by atoms with Crippen molar-refractivity contribution < 1.29 is 23.8 Å². The highest BCUT2D eigenvalue weighted by atomic mass is 35.5. The lowest BCUT2D eigenvalue weighted by molar-refractivity contribution is -0.137. The summed E-state index contributed by atoms with van der Waals surface area (Å²) in [5.41, 5.74) is -1.18. The number of methoxy groups -OCH3 is 1. The third-order valence-corrected chi connectivity index (χ3v) is 6.10. The fourth-order valence-corrected chi connectivity index (χ4v) is 4.37. The quantitative estimate of drug-likeness (QED) is 0.600. The fourth-order valence-electron chi connectivity index (χ4n) is 4.19. The van der Waals surface area contributed by atoms with Gasteiger partial charge >= 0.3 is 6.09 Å². The number of nitrogens with one attached hydrogen (secondary N) is 1. The van der Waals surface area contributed by atoms with Crippen LogP contribution in [0.1, 0.15) is 54.9 Å². The number of likely N-dealkylation sites (tertiary alicyclic amines) is 1. The second-order valence-electron chi connectivity index (χ2n) is 11.1. The number of hydrogen-bond acceptors (Lipinski definition) is 6. The molecule has 0 spiro atoms. The molecular weight excluding hydrogens is 470 g/mol. The van der Waals surface area contributed by atoms with Crippen molar-refractivity contribution in [2.75, 3.05) is 13.7 Å². The number of ether oxygens (including phenoxy) is 3. The molecule has 0 saturated carbocycles. The molecule has 0 bridgehead atoms. The summed E-state index contributed by atoms with van der Waals surface area (Å²) in [4.78, 5) is 32.3. The molecule has 1 aromatic carbocycles. The lowest BCUT2D eigenvalue weighted by Gasteiger charge is -2.35. The first kappa shape index (κ1) is 26.9. The summed E-state index contributed by atoms with van der Waals surface area (Å²) in [5.74, 6) is 0.897. The van der Waals surface area contributed by atoms with Gasteiger partial charge in [0, 0.05) is 28.3 Å². The molecule has 8 nitrogen and oxygen atoms in total. The van der Waals surface area contributed by atoms with E-state index in [2.05, 4.69) is 10.3 Å². The van der Waals surface area contributed by atoms with Crippen molar-refractivity contribution in [2.45, 2.75) is 78.7 Å². The highest BCUT2D eigenvalue weighted by Crippen LogP contribution is 2.35. The second-order valence-corrected chi connectivity index (χ2v) is 11.5. The summed E-state index contributed by atoms with van der Waals surface area (Å²) in [6, 6.07) is 4.62. The zero-order chi connectivity index (χ0) is 26.1. The van der Waals surface area contributed by atoms with Crippen LogP contribution in [-0.2, 0) is 9.53 Å². The maximum Gasteiger partial charge on any atom is 0.408 e. The van der Waals surface area contributed by atoms with Gasteiger partial charge in [-0.05, 0) is 51.3 Å². The Morgan fingerprint density at radius 3 is 2.46 bits per heavy atom. The van der Waals surface area contributed by atoms with E-state index in [9.17, 15) is 9.59 Å². The third kappa shape index (κ3) is 6.48. The number of carbonyl (C=O) groups excluding carboxylic acids is 2. The van der Waals surface area contributed by atoms with Crippen LogP contribution in [-0.4, -0.2) is 59.3 Å². The van der Waals surface area contributed by atoms with Gasteiger partial charge in [0.15, 0.2) is 0 Å². The molecule has 192 valence electrons. The van der Waals surface area contributed by atoms with Gasteiger partial charge in [0.25, 0.3) is 0 Å². The molecule has 35 heavy (non-hydrogen) atoms. The van der Waals surface area contributed by atoms with Crippen molar-refractivity contribution in [3.63, 3.8) is 0 Å². The normalized spacial score (nSPS) is 19.4. The Labute approximate surface area is 212 Å². The van der Waals surface area contributed by atoms with Gasteiger partial charge in [-0.2, -0.15) is 0 Å². The molecule has 2 amide bonds. The maximum atomic E-state index is 13.6. The molecule has 3 rings (SSSR count). The molecule has 2 aromatic rings. The third-order valence-electron chi connectivity index (χ3n) is 5.87. The number of amides is 2. The Hall–Kier alpha value is -2.74. The number of carbonyl (C=O) groups is 2. The van der Waals surface area contributed by atoms with E-state index in [4.69, 9.17) is 25.8 Å². The van der Waals surface area contributed by atoms with Crippen molar-refractivity contribution in [1.82, 2.24) is 15.2 Å². The molecule has 1 aliphatic heterocycles. The summed E-state index contributed by atoms with van der Waals surface area (Å²) in [6.45, 7) is 13.5. The van der Waals surface area contributed by atoms with Gasteiger partial charge in [0.2, 0.25) is 11.8 Å². The molecule has 1 aliphatic rings. The summed E-state index contributed by atoms with van der Waals surface area (Å²) in [6.07, 6.45) is 1.37. The van der Waals surface area contributed by atoms with Crippen LogP contribution in [0.4, 0.5) is 4.79 Å². The molecule has 3 atom stereocenters. The van der Waals surface area contributed by atoms with Gasteiger partial charge in [0.1, 0.15) is 23.5 Å². The fraction of sp³-hybridized carbons (Fsp3) is 0.577. The summed E-state index contributed by atoms with van der Waals surface area (Å²) in [5, 5.41) is 4.94. The van der Waals surface area contributed by atoms with Crippen LogP contribution in [0, 0.1) is 5.41 Å². The zero-order valence-electron chi connectivity index (χ0n) is 21.8. The lowest BCUT2D eigenvalue weighted by Crippen LogP contribution is -2.56. The average molecular weight is 506 g/mol. The standard InChI is InChI=1S/C26H36ClN3O5/c1-15-11-17(34-22-19-12-16(27)9-10-18(19)20(33-8)13-28-22)14-30(15)23(31)21(25(2,3)4)29-24(32)35-26(5,6)7/h9-10,12-13,15,17,21H,11,14H2,1-8H3,(H,29,32)/t15-,17-,21-/m1/s1. The SMILES string of the molecule is COc1cnc(O[C@@H]2C[C@@H](C)N(C(=O)[C@@H](NC(=O)OC(C)(C)C)C(C)(C)C)C2)c2cc(Cl)ccc12. The second kappa shape index (κ2) is 10.1. The number of aromatic nitrogens is 1. The van der Waals surface area contributed by atoms with Crippen LogP contribution >= 0.6 is 11.6 Å². The van der Waals surface area contributed by atoms with Gasteiger partial charge in [-0.25, -0.2) is 9.78 Å². The van der Waals surface area contributed by atoms with Crippen LogP contribution in [0.5, 0.6) is 11.6 Å². The van der Waals surface area contributed by atoms with E-state index in [0.29, 0.717) is 29.6 Å². The molecule has 0 radical (unpaired) electrons. The van der Waals surface area contributed by atoms with Crippen molar-refractivity contribution >= 4 is 34.4 Å². The molecule has 9 heteroatoms. The van der Waals surface area contributed by atoms with E-state index in [0.717, 1.165) is 10.8 Å². The predicted molar refractivity (Wildman–Crippen MR) is 136 cm³/mol. The van der Waals surface area contributed by atoms with Crippen molar-refractivity contribution in [2.24, 2.45) is 5.41 Å². The maximum absolute atomic E-state index is 13.6. The van der Waals surface area contributed by atoms with Crippen LogP contribution < -0.4 is 14.8 Å². The van der Waals surface area contributed by atoms with Gasteiger partial charge in [-0.15, -0.1) is 0 Å². The van der Waals surface area contributed by atoms with Crippen LogP contribution in [0.3, 0.4) is 0 Å². The molecule has 2 heterocycles. The minimum absolute atomic E-state index is 0.0779. The first-order chi connectivity index (χ1) is 16.2. The van der Waals surface area contributed by atoms with E-state index in [1.54, 1.807) is 51.1 Å². The Morgan fingerprint density at radius 2 is 1.86 bits per heavy atom. The largest absolute Gasteiger partial charge is 0.494 e. The summed E-state index contributed by atoms with van der Waals surface area (Å²) in [7, 11) is 1.59. The summed E-state index contributed by atoms with van der Waals surface area (Å²) >= 11 is 6.23. The van der Waals surface area contributed by atoms with E-state index >= 15 is 0 Å². The van der Waals surface area contributed by atoms with Crippen molar-refractivity contribution in [1.29, 1.82) is 0 Å². The monoisotopic (exact) mass is 505 g/mol. The molecule has 1 aromatic heterocycles. The number of benzene rings is 1. The number of nitrogens with zero attached hydrogens (tertiary/aromatic N) is 2. The van der Waals surface area contributed by atoms with Gasteiger partial charge < -0.3 is 24.4 Å². The average Bonchev–Trinajstić information content (AvgIpc) is 3.10. The Balaban J connectivity index is 1.79. The van der Waals surface area contributed by atoms with Crippen LogP contribution in [0.25, 0.3) is 10.8 Å². The lowest BCUT2D eigenvalue weighted by atomic mass is 9.85. The van der Waals surface area contributed by atoms with Crippen molar-refractivity contribution in [3.8, 4) is 11.6 Å². The molecule has 0 aliphatic carbocycles. The first-order valence-electron chi connectivity index (χ1n) is 11.8. The van der Waals surface area contributed by atoms with E-state index in [1.807, 2.05) is 33.8 Å². The van der Waals surface area contributed by atoms with E-state index in [1.165, 1.54) is 0 Å². The highest BCUT2D eigenvalue weighted by molar-refractivity contribution is 6.31. The number of halogens is 1. The Bertz CT molecular complexity index is 1090. The highest BCUT2D eigenvalue weighted by Gasteiger charge is 2.42. The van der Waals surface area contributed by atoms with Crippen LogP contribution in [0.15, 0.2) is 24.4 Å². The molecule has 1 N–H and O–H groups in total. The van der Waals surface area contributed by atoms with Crippen molar-refractivity contribution in [3.05, 3.63) is 29.4 Å².